The van der Waals surface area contributed by atoms with E-state index >= 15 is 0 Å². The van der Waals surface area contributed by atoms with Gasteiger partial charge in [0.2, 0.25) is 5.89 Å². The van der Waals surface area contributed by atoms with Crippen LogP contribution in [0.1, 0.15) is 45.4 Å². The summed E-state index contributed by atoms with van der Waals surface area (Å²) in [5.74, 6) is 4.50. The Morgan fingerprint density at radius 2 is 1.75 bits per heavy atom. The second kappa shape index (κ2) is 7.21. The van der Waals surface area contributed by atoms with E-state index in [2.05, 4.69) is 10.2 Å². The van der Waals surface area contributed by atoms with Crippen molar-refractivity contribution in [2.75, 3.05) is 12.4 Å². The molecule has 2 aromatic rings. The SMILES string of the molecule is CCOc1ccc(-c2nnc(SCC(=O)C34CC5CC(CC(C5)C3)C4)o2)cc1. The predicted molar refractivity (Wildman–Crippen MR) is 107 cm³/mol. The number of nitrogens with zero attached hydrogens (tertiary/aromatic N) is 2. The highest BCUT2D eigenvalue weighted by atomic mass is 32.2. The lowest BCUT2D eigenvalue weighted by atomic mass is 9.48. The minimum absolute atomic E-state index is 0.0558. The molecule has 6 heteroatoms. The van der Waals surface area contributed by atoms with E-state index in [1.165, 1.54) is 31.0 Å². The maximum Gasteiger partial charge on any atom is 0.277 e. The van der Waals surface area contributed by atoms with Gasteiger partial charge in [0, 0.05) is 11.0 Å². The fourth-order valence-corrected chi connectivity index (χ4v) is 6.77. The van der Waals surface area contributed by atoms with Crippen molar-refractivity contribution >= 4 is 17.5 Å². The largest absolute Gasteiger partial charge is 0.494 e. The molecule has 1 aromatic heterocycles. The quantitative estimate of drug-likeness (QED) is 0.611. The Hall–Kier alpha value is -1.82. The van der Waals surface area contributed by atoms with E-state index in [1.807, 2.05) is 31.2 Å². The van der Waals surface area contributed by atoms with Gasteiger partial charge in [-0.25, -0.2) is 0 Å². The summed E-state index contributed by atoms with van der Waals surface area (Å²) in [5, 5.41) is 8.75. The highest BCUT2D eigenvalue weighted by Crippen LogP contribution is 2.60. The molecule has 28 heavy (non-hydrogen) atoms. The average molecular weight is 399 g/mol. The van der Waals surface area contributed by atoms with Crippen molar-refractivity contribution in [3.05, 3.63) is 24.3 Å². The van der Waals surface area contributed by atoms with E-state index in [0.717, 1.165) is 48.3 Å². The first-order valence-electron chi connectivity index (χ1n) is 10.4. The van der Waals surface area contributed by atoms with Gasteiger partial charge in [-0.3, -0.25) is 4.79 Å². The van der Waals surface area contributed by atoms with E-state index in [-0.39, 0.29) is 5.41 Å². The van der Waals surface area contributed by atoms with Gasteiger partial charge in [-0.15, -0.1) is 10.2 Å². The molecule has 0 spiro atoms. The van der Waals surface area contributed by atoms with Gasteiger partial charge in [0.1, 0.15) is 11.5 Å². The van der Waals surface area contributed by atoms with Crippen molar-refractivity contribution in [2.45, 2.75) is 50.7 Å². The van der Waals surface area contributed by atoms with Crippen LogP contribution in [0.2, 0.25) is 0 Å². The van der Waals surface area contributed by atoms with Gasteiger partial charge in [-0.05, 0) is 87.5 Å². The van der Waals surface area contributed by atoms with Crippen LogP contribution < -0.4 is 4.74 Å². The Bertz CT molecular complexity index is 826. The van der Waals surface area contributed by atoms with Crippen LogP contribution in [0.5, 0.6) is 5.75 Å². The molecule has 4 aliphatic rings. The molecule has 0 radical (unpaired) electrons. The minimum Gasteiger partial charge on any atom is -0.494 e. The molecule has 6 rings (SSSR count). The first-order chi connectivity index (χ1) is 13.6. The van der Waals surface area contributed by atoms with Gasteiger partial charge in [-0.1, -0.05) is 11.8 Å². The number of benzene rings is 1. The number of rotatable bonds is 7. The monoisotopic (exact) mass is 398 g/mol. The van der Waals surface area contributed by atoms with Crippen molar-refractivity contribution in [3.8, 4) is 17.2 Å². The van der Waals surface area contributed by atoms with Crippen LogP contribution in [0.3, 0.4) is 0 Å². The smallest absolute Gasteiger partial charge is 0.277 e. The average Bonchev–Trinajstić information content (AvgIpc) is 3.15. The second-order valence-electron chi connectivity index (χ2n) is 8.74. The molecule has 0 amide bonds. The van der Waals surface area contributed by atoms with E-state index in [4.69, 9.17) is 9.15 Å². The number of carbonyl (C=O) groups excluding carboxylic acids is 1. The zero-order valence-electron chi connectivity index (χ0n) is 16.2. The highest BCUT2D eigenvalue weighted by molar-refractivity contribution is 7.99. The molecule has 1 aromatic carbocycles. The van der Waals surface area contributed by atoms with Gasteiger partial charge >= 0.3 is 0 Å². The van der Waals surface area contributed by atoms with E-state index in [9.17, 15) is 4.79 Å². The molecule has 4 bridgehead atoms. The first kappa shape index (κ1) is 18.2. The molecule has 4 aliphatic carbocycles. The van der Waals surface area contributed by atoms with Gasteiger partial charge in [-0.2, -0.15) is 0 Å². The number of hydrogen-bond acceptors (Lipinski definition) is 6. The number of ether oxygens (including phenoxy) is 1. The molecule has 1 heterocycles. The molecule has 0 aliphatic heterocycles. The van der Waals surface area contributed by atoms with Crippen LogP contribution in [0.15, 0.2) is 33.9 Å². The van der Waals surface area contributed by atoms with Crippen molar-refractivity contribution in [3.63, 3.8) is 0 Å². The van der Waals surface area contributed by atoms with E-state index in [1.54, 1.807) is 0 Å². The number of aromatic nitrogens is 2. The van der Waals surface area contributed by atoms with Crippen molar-refractivity contribution < 1.29 is 13.9 Å². The van der Waals surface area contributed by atoms with Crippen LogP contribution in [0, 0.1) is 23.2 Å². The number of Topliss-reactive ketones (excluding diaryl/α,β-unsaturated/α-hetero) is 1. The summed E-state index contributed by atoms with van der Waals surface area (Å²) in [7, 11) is 0. The molecule has 148 valence electrons. The third-order valence-corrected chi connectivity index (χ3v) is 7.59. The summed E-state index contributed by atoms with van der Waals surface area (Å²) in [4.78, 5) is 13.1. The van der Waals surface area contributed by atoms with Crippen LogP contribution in [0.25, 0.3) is 11.5 Å². The summed E-state index contributed by atoms with van der Waals surface area (Å²) in [6, 6.07) is 7.61. The predicted octanol–water partition coefficient (Wildman–Crippen LogP) is 5.01. The topological polar surface area (TPSA) is 65.2 Å². The molecule has 0 atom stereocenters. The van der Waals surface area contributed by atoms with E-state index in [0.29, 0.717) is 29.3 Å². The van der Waals surface area contributed by atoms with Crippen molar-refractivity contribution in [1.82, 2.24) is 10.2 Å². The van der Waals surface area contributed by atoms with Crippen molar-refractivity contribution in [1.29, 1.82) is 0 Å². The minimum atomic E-state index is -0.0558. The Labute approximate surface area is 169 Å². The molecule has 0 saturated heterocycles. The zero-order valence-corrected chi connectivity index (χ0v) is 17.0. The lowest BCUT2D eigenvalue weighted by Gasteiger charge is -2.55. The van der Waals surface area contributed by atoms with Gasteiger partial charge in [0.25, 0.3) is 5.22 Å². The Morgan fingerprint density at radius 1 is 1.11 bits per heavy atom. The Morgan fingerprint density at radius 3 is 2.36 bits per heavy atom. The zero-order chi connectivity index (χ0) is 19.1. The second-order valence-corrected chi connectivity index (χ2v) is 9.67. The molecule has 4 saturated carbocycles. The molecule has 4 fully saturated rings. The summed E-state index contributed by atoms with van der Waals surface area (Å²) in [5.41, 5.74) is 0.801. The lowest BCUT2D eigenvalue weighted by molar-refractivity contribution is -0.141. The van der Waals surface area contributed by atoms with E-state index < -0.39 is 0 Å². The molecular weight excluding hydrogens is 372 g/mol. The number of thioether (sulfide) groups is 1. The molecule has 0 N–H and O–H groups in total. The summed E-state index contributed by atoms with van der Waals surface area (Å²) in [6.07, 6.45) is 7.40. The maximum absolute atomic E-state index is 13.1. The number of ketones is 1. The molecule has 0 unspecified atom stereocenters. The van der Waals surface area contributed by atoms with Crippen LogP contribution in [-0.4, -0.2) is 28.3 Å². The molecule has 5 nitrogen and oxygen atoms in total. The summed E-state index contributed by atoms with van der Waals surface area (Å²) < 4.78 is 11.2. The standard InChI is InChI=1S/C22H26N2O3S/c1-2-26-18-5-3-17(4-6-18)20-23-24-21(27-20)28-13-19(25)22-10-14-7-15(11-22)9-16(8-14)12-22/h3-6,14-16H,2,7-13H2,1H3. The fraction of sp³-hybridized carbons (Fsp3) is 0.591. The fourth-order valence-electron chi connectivity index (χ4n) is 5.98. The third kappa shape index (κ3) is 3.36. The van der Waals surface area contributed by atoms with Gasteiger partial charge in [0.15, 0.2) is 0 Å². The number of hydrogen-bond donors (Lipinski definition) is 0. The number of carbonyl (C=O) groups is 1. The summed E-state index contributed by atoms with van der Waals surface area (Å²) >= 11 is 1.39. The van der Waals surface area contributed by atoms with Gasteiger partial charge in [0.05, 0.1) is 12.4 Å². The highest BCUT2D eigenvalue weighted by Gasteiger charge is 2.54. The summed E-state index contributed by atoms with van der Waals surface area (Å²) in [6.45, 7) is 2.60. The third-order valence-electron chi connectivity index (χ3n) is 6.78. The lowest BCUT2D eigenvalue weighted by Crippen LogP contribution is -2.50. The Balaban J connectivity index is 1.22. The van der Waals surface area contributed by atoms with Crippen LogP contribution in [-0.2, 0) is 4.79 Å². The van der Waals surface area contributed by atoms with Crippen molar-refractivity contribution in [2.24, 2.45) is 23.2 Å². The first-order valence-corrected chi connectivity index (χ1v) is 11.3. The normalized spacial score (nSPS) is 30.5. The van der Waals surface area contributed by atoms with Gasteiger partial charge < -0.3 is 9.15 Å². The van der Waals surface area contributed by atoms with Crippen LogP contribution in [0.4, 0.5) is 0 Å². The van der Waals surface area contributed by atoms with Crippen LogP contribution >= 0.6 is 11.8 Å². The molecular formula is C22H26N2O3S. The maximum atomic E-state index is 13.1. The Kier molecular flexibility index (Phi) is 4.69.